The summed E-state index contributed by atoms with van der Waals surface area (Å²) in [4.78, 5) is 0.290. The molecule has 114 valence electrons. The Labute approximate surface area is 135 Å². The average molecular weight is 383 g/mol. The number of aryl methyl sites for hydroxylation is 1. The van der Waals surface area contributed by atoms with Crippen LogP contribution in [0.25, 0.3) is 0 Å². The molecule has 1 atom stereocenters. The molecule has 0 heterocycles. The molecule has 0 radical (unpaired) electrons. The van der Waals surface area contributed by atoms with Gasteiger partial charge in [-0.1, -0.05) is 19.4 Å². The first-order valence-electron chi connectivity index (χ1n) is 6.58. The van der Waals surface area contributed by atoms with Crippen molar-refractivity contribution in [2.75, 3.05) is 7.05 Å². The number of benzene rings is 1. The molecule has 1 aromatic carbocycles. The van der Waals surface area contributed by atoms with Crippen LogP contribution in [0.3, 0.4) is 0 Å². The van der Waals surface area contributed by atoms with Gasteiger partial charge in [-0.3, -0.25) is 0 Å². The second-order valence-electron chi connectivity index (χ2n) is 5.02. The van der Waals surface area contributed by atoms with Crippen molar-refractivity contribution in [3.05, 3.63) is 27.7 Å². The molecule has 0 aliphatic carbocycles. The van der Waals surface area contributed by atoms with Gasteiger partial charge in [-0.05, 0) is 53.4 Å². The number of sulfonamides is 1. The van der Waals surface area contributed by atoms with E-state index in [4.69, 9.17) is 11.6 Å². The summed E-state index contributed by atoms with van der Waals surface area (Å²) in [6, 6.07) is 3.51. The van der Waals surface area contributed by atoms with E-state index in [2.05, 4.69) is 15.9 Å². The summed E-state index contributed by atoms with van der Waals surface area (Å²) in [5, 5.41) is 0. The third-order valence-electron chi connectivity index (χ3n) is 3.42. The number of nitrogens with zero attached hydrogens (tertiary/aromatic N) is 1. The van der Waals surface area contributed by atoms with Gasteiger partial charge in [0.05, 0.1) is 4.90 Å². The van der Waals surface area contributed by atoms with Crippen LogP contribution in [-0.2, 0) is 15.9 Å². The number of rotatable bonds is 6. The molecule has 0 fully saturated rings. The first-order valence-corrected chi connectivity index (χ1v) is 9.35. The Morgan fingerprint density at radius 2 is 2.00 bits per heavy atom. The van der Waals surface area contributed by atoms with Gasteiger partial charge in [-0.25, -0.2) is 8.42 Å². The first-order chi connectivity index (χ1) is 9.25. The first kappa shape index (κ1) is 18.0. The van der Waals surface area contributed by atoms with Crippen LogP contribution >= 0.6 is 27.5 Å². The fourth-order valence-corrected chi connectivity index (χ4v) is 4.64. The third kappa shape index (κ3) is 3.75. The fraction of sp³-hybridized carbons (Fsp3) is 0.571. The topological polar surface area (TPSA) is 37.4 Å². The van der Waals surface area contributed by atoms with E-state index in [1.54, 1.807) is 13.1 Å². The van der Waals surface area contributed by atoms with Crippen LogP contribution in [0, 0.1) is 6.92 Å². The molecule has 0 spiro atoms. The lowest BCUT2D eigenvalue weighted by Crippen LogP contribution is -2.35. The highest BCUT2D eigenvalue weighted by atomic mass is 79.9. The van der Waals surface area contributed by atoms with Crippen molar-refractivity contribution in [2.24, 2.45) is 0 Å². The number of halogens is 2. The maximum Gasteiger partial charge on any atom is 0.244 e. The normalized spacial score (nSPS) is 13.8. The Balaban J connectivity index is 3.31. The second kappa shape index (κ2) is 7.25. The van der Waals surface area contributed by atoms with E-state index in [-0.39, 0.29) is 6.04 Å². The lowest BCUT2D eigenvalue weighted by molar-refractivity contribution is 0.368. The van der Waals surface area contributed by atoms with Crippen LogP contribution in [-0.4, -0.2) is 25.8 Å². The van der Waals surface area contributed by atoms with Gasteiger partial charge in [0.2, 0.25) is 10.0 Å². The summed E-state index contributed by atoms with van der Waals surface area (Å²) < 4.78 is 27.5. The number of hydrogen-bond acceptors (Lipinski definition) is 2. The zero-order chi connectivity index (χ0) is 15.5. The molecule has 0 saturated heterocycles. The molecular weight excluding hydrogens is 362 g/mol. The maximum atomic E-state index is 12.7. The van der Waals surface area contributed by atoms with Gasteiger partial charge >= 0.3 is 0 Å². The van der Waals surface area contributed by atoms with Crippen molar-refractivity contribution >= 4 is 37.6 Å². The summed E-state index contributed by atoms with van der Waals surface area (Å²) in [5.41, 5.74) is 1.68. The highest BCUT2D eigenvalue weighted by Crippen LogP contribution is 2.30. The second-order valence-corrected chi connectivity index (χ2v) is 8.04. The van der Waals surface area contributed by atoms with Crippen molar-refractivity contribution in [3.8, 4) is 0 Å². The molecule has 3 nitrogen and oxygen atoms in total. The van der Waals surface area contributed by atoms with Crippen molar-refractivity contribution in [2.45, 2.75) is 50.4 Å². The summed E-state index contributed by atoms with van der Waals surface area (Å²) in [6.07, 6.45) is 1.78. The van der Waals surface area contributed by atoms with Gasteiger partial charge in [-0.2, -0.15) is 4.31 Å². The Morgan fingerprint density at radius 3 is 2.50 bits per heavy atom. The van der Waals surface area contributed by atoms with Gasteiger partial charge in [-0.15, -0.1) is 11.6 Å². The smallest absolute Gasteiger partial charge is 0.207 e. The maximum absolute atomic E-state index is 12.7. The summed E-state index contributed by atoms with van der Waals surface area (Å²) in [7, 11) is -1.89. The number of hydrogen-bond donors (Lipinski definition) is 0. The highest BCUT2D eigenvalue weighted by molar-refractivity contribution is 9.10. The Morgan fingerprint density at radius 1 is 1.40 bits per heavy atom. The van der Waals surface area contributed by atoms with Crippen LogP contribution in [0.5, 0.6) is 0 Å². The van der Waals surface area contributed by atoms with E-state index >= 15 is 0 Å². The van der Waals surface area contributed by atoms with Gasteiger partial charge in [0.1, 0.15) is 0 Å². The van der Waals surface area contributed by atoms with Gasteiger partial charge in [0.25, 0.3) is 0 Å². The molecule has 0 aromatic heterocycles. The van der Waals surface area contributed by atoms with Crippen LogP contribution < -0.4 is 0 Å². The predicted octanol–water partition coefficient (Wildman–Crippen LogP) is 4.31. The Hall–Kier alpha value is -0.100. The fourth-order valence-electron chi connectivity index (χ4n) is 2.07. The van der Waals surface area contributed by atoms with E-state index in [0.29, 0.717) is 15.2 Å². The van der Waals surface area contributed by atoms with E-state index in [9.17, 15) is 8.42 Å². The molecule has 20 heavy (non-hydrogen) atoms. The Bertz CT molecular complexity index is 575. The van der Waals surface area contributed by atoms with Crippen molar-refractivity contribution < 1.29 is 8.42 Å². The molecule has 0 aliphatic rings. The molecule has 0 N–H and O–H groups in total. The minimum absolute atomic E-state index is 0.0307. The lowest BCUT2D eigenvalue weighted by atomic mass is 10.2. The zero-order valence-electron chi connectivity index (χ0n) is 12.3. The molecular formula is C14H21BrClNO2S. The van der Waals surface area contributed by atoms with Crippen molar-refractivity contribution in [1.29, 1.82) is 0 Å². The summed E-state index contributed by atoms with van der Waals surface area (Å²) >= 11 is 9.23. The molecule has 1 rings (SSSR count). The average Bonchev–Trinajstić information content (AvgIpc) is 2.40. The van der Waals surface area contributed by atoms with Crippen LogP contribution in [0.1, 0.15) is 37.8 Å². The van der Waals surface area contributed by atoms with E-state index < -0.39 is 10.0 Å². The summed E-state index contributed by atoms with van der Waals surface area (Å²) in [6.45, 7) is 5.84. The minimum atomic E-state index is -3.52. The lowest BCUT2D eigenvalue weighted by Gasteiger charge is -2.25. The van der Waals surface area contributed by atoms with Crippen LogP contribution in [0.2, 0.25) is 0 Å². The van der Waals surface area contributed by atoms with E-state index in [1.165, 1.54) is 4.31 Å². The molecule has 6 heteroatoms. The quantitative estimate of drug-likeness (QED) is 0.688. The largest absolute Gasteiger partial charge is 0.244 e. The zero-order valence-corrected chi connectivity index (χ0v) is 15.4. The molecule has 0 saturated carbocycles. The van der Waals surface area contributed by atoms with E-state index in [0.717, 1.165) is 24.0 Å². The molecule has 1 aromatic rings. The Kier molecular flexibility index (Phi) is 6.51. The minimum Gasteiger partial charge on any atom is -0.207 e. The standard InChI is InChI=1S/C14H21BrClNO2S/c1-5-6-11(3)17(4)20(18,19)13-8-12(9-16)7-10(2)14(13)15/h7-8,11H,5-6,9H2,1-4H3. The number of alkyl halides is 1. The van der Waals surface area contributed by atoms with E-state index in [1.807, 2.05) is 26.8 Å². The van der Waals surface area contributed by atoms with Crippen LogP contribution in [0.15, 0.2) is 21.5 Å². The molecule has 0 bridgehead atoms. The monoisotopic (exact) mass is 381 g/mol. The van der Waals surface area contributed by atoms with Crippen molar-refractivity contribution in [3.63, 3.8) is 0 Å². The van der Waals surface area contributed by atoms with Crippen molar-refractivity contribution in [1.82, 2.24) is 4.31 Å². The SMILES string of the molecule is CCCC(C)N(C)S(=O)(=O)c1cc(CCl)cc(C)c1Br. The molecule has 0 aliphatic heterocycles. The van der Waals surface area contributed by atoms with Crippen LogP contribution in [0.4, 0.5) is 0 Å². The third-order valence-corrected chi connectivity index (χ3v) is 7.04. The predicted molar refractivity (Wildman–Crippen MR) is 87.8 cm³/mol. The summed E-state index contributed by atoms with van der Waals surface area (Å²) in [5.74, 6) is 0.296. The highest BCUT2D eigenvalue weighted by Gasteiger charge is 2.27. The van der Waals surface area contributed by atoms with Gasteiger partial charge in [0.15, 0.2) is 0 Å². The van der Waals surface area contributed by atoms with Gasteiger partial charge < -0.3 is 0 Å². The van der Waals surface area contributed by atoms with Gasteiger partial charge in [0, 0.05) is 23.4 Å². The molecule has 1 unspecified atom stereocenters. The molecule has 0 amide bonds.